The maximum absolute atomic E-state index is 13.0. The molecule has 0 unspecified atom stereocenters. The maximum atomic E-state index is 13.0. The molecule has 3 rings (SSSR count). The summed E-state index contributed by atoms with van der Waals surface area (Å²) in [6, 6.07) is 6.19. The van der Waals surface area contributed by atoms with Crippen molar-refractivity contribution in [3.63, 3.8) is 0 Å². The molecule has 1 fully saturated rings. The topological polar surface area (TPSA) is 88.6 Å². The lowest BCUT2D eigenvalue weighted by atomic mass is 10.2. The van der Waals surface area contributed by atoms with E-state index in [-0.39, 0.29) is 4.90 Å². The number of pyridine rings is 1. The highest BCUT2D eigenvalue weighted by Gasteiger charge is 2.27. The van der Waals surface area contributed by atoms with Crippen molar-refractivity contribution in [3.8, 4) is 5.75 Å². The number of amides is 1. The maximum Gasteiger partial charge on any atom is 0.257 e. The van der Waals surface area contributed by atoms with E-state index in [4.69, 9.17) is 4.74 Å². The molecule has 7 nitrogen and oxygen atoms in total. The van der Waals surface area contributed by atoms with E-state index in [9.17, 15) is 13.2 Å². The summed E-state index contributed by atoms with van der Waals surface area (Å²) in [6.07, 6.45) is 5.77. The van der Waals surface area contributed by atoms with Crippen LogP contribution in [0.15, 0.2) is 46.0 Å². The van der Waals surface area contributed by atoms with Gasteiger partial charge in [0.2, 0.25) is 10.0 Å². The summed E-state index contributed by atoms with van der Waals surface area (Å²) in [5.41, 5.74) is 0.658. The highest BCUT2D eigenvalue weighted by molar-refractivity contribution is 9.10. The molecule has 1 saturated heterocycles. The Morgan fingerprint density at radius 2 is 1.96 bits per heavy atom. The van der Waals surface area contributed by atoms with Gasteiger partial charge >= 0.3 is 0 Å². The predicted molar refractivity (Wildman–Crippen MR) is 110 cm³/mol. The van der Waals surface area contributed by atoms with Crippen LogP contribution >= 0.6 is 15.9 Å². The van der Waals surface area contributed by atoms with E-state index < -0.39 is 15.9 Å². The SMILES string of the molecule is CCOc1ccc(S(=O)(=O)N2CCCCC2)cc1NC(=O)c1cncc(Br)c1. The van der Waals surface area contributed by atoms with Gasteiger partial charge < -0.3 is 10.1 Å². The number of nitrogens with zero attached hydrogens (tertiary/aromatic N) is 2. The van der Waals surface area contributed by atoms with Crippen LogP contribution in [0, 0.1) is 0 Å². The molecule has 2 aromatic rings. The first-order valence-corrected chi connectivity index (χ1v) is 11.3. The van der Waals surface area contributed by atoms with Gasteiger partial charge in [0.05, 0.1) is 22.8 Å². The predicted octanol–water partition coefficient (Wildman–Crippen LogP) is 3.67. The molecule has 0 bridgehead atoms. The second-order valence-electron chi connectivity index (χ2n) is 6.40. The van der Waals surface area contributed by atoms with Crippen LogP contribution in [0.1, 0.15) is 36.5 Å². The fourth-order valence-electron chi connectivity index (χ4n) is 3.03. The smallest absolute Gasteiger partial charge is 0.257 e. The highest BCUT2D eigenvalue weighted by atomic mass is 79.9. The zero-order chi connectivity index (χ0) is 20.1. The Balaban J connectivity index is 1.92. The summed E-state index contributed by atoms with van der Waals surface area (Å²) in [6.45, 7) is 3.24. The van der Waals surface area contributed by atoms with Crippen LogP contribution in [0.5, 0.6) is 5.75 Å². The van der Waals surface area contributed by atoms with Gasteiger partial charge in [-0.15, -0.1) is 0 Å². The van der Waals surface area contributed by atoms with Crippen LogP contribution in [0.3, 0.4) is 0 Å². The molecule has 0 radical (unpaired) electrons. The number of hydrogen-bond donors (Lipinski definition) is 1. The summed E-state index contributed by atoms with van der Waals surface area (Å²) >= 11 is 3.28. The third-order valence-corrected chi connectivity index (χ3v) is 6.75. The number of rotatable bonds is 6. The van der Waals surface area contributed by atoms with Gasteiger partial charge in [-0.3, -0.25) is 9.78 Å². The van der Waals surface area contributed by atoms with Crippen LogP contribution < -0.4 is 10.1 Å². The lowest BCUT2D eigenvalue weighted by Crippen LogP contribution is -2.35. The standard InChI is InChI=1S/C19H22BrN3O4S/c1-2-27-18-7-6-16(28(25,26)23-8-4-3-5-9-23)11-17(18)22-19(24)14-10-15(20)13-21-12-14/h6-7,10-13H,2-5,8-9H2,1H3,(H,22,24). The zero-order valence-electron chi connectivity index (χ0n) is 15.5. The van der Waals surface area contributed by atoms with Crippen molar-refractivity contribution < 1.29 is 17.9 Å². The van der Waals surface area contributed by atoms with Crippen molar-refractivity contribution in [3.05, 3.63) is 46.7 Å². The fourth-order valence-corrected chi connectivity index (χ4v) is 4.94. The lowest BCUT2D eigenvalue weighted by Gasteiger charge is -2.26. The van der Waals surface area contributed by atoms with Crippen LogP contribution in [0.4, 0.5) is 5.69 Å². The molecular weight excluding hydrogens is 446 g/mol. The zero-order valence-corrected chi connectivity index (χ0v) is 17.9. The summed E-state index contributed by atoms with van der Waals surface area (Å²) in [7, 11) is -3.62. The Kier molecular flexibility index (Phi) is 6.69. The van der Waals surface area contributed by atoms with Crippen LogP contribution in [-0.4, -0.2) is 43.3 Å². The average Bonchev–Trinajstić information content (AvgIpc) is 2.70. The third-order valence-electron chi connectivity index (χ3n) is 4.42. The molecule has 0 saturated carbocycles. The molecular formula is C19H22BrN3O4S. The van der Waals surface area contributed by atoms with Gasteiger partial charge in [-0.1, -0.05) is 6.42 Å². The molecule has 0 atom stereocenters. The van der Waals surface area contributed by atoms with Crippen molar-refractivity contribution >= 4 is 37.5 Å². The Morgan fingerprint density at radius 1 is 1.21 bits per heavy atom. The fraction of sp³-hybridized carbons (Fsp3) is 0.368. The van der Waals surface area contributed by atoms with E-state index in [1.807, 2.05) is 6.92 Å². The lowest BCUT2D eigenvalue weighted by molar-refractivity contribution is 0.102. The molecule has 28 heavy (non-hydrogen) atoms. The molecule has 2 heterocycles. The average molecular weight is 468 g/mol. The molecule has 9 heteroatoms. The second-order valence-corrected chi connectivity index (χ2v) is 9.26. The number of anilines is 1. The van der Waals surface area contributed by atoms with Crippen LogP contribution in [0.25, 0.3) is 0 Å². The van der Waals surface area contributed by atoms with E-state index in [1.54, 1.807) is 18.3 Å². The first-order valence-electron chi connectivity index (χ1n) is 9.10. The number of piperidine rings is 1. The quantitative estimate of drug-likeness (QED) is 0.699. The third kappa shape index (κ3) is 4.71. The van der Waals surface area contributed by atoms with Crippen LogP contribution in [0.2, 0.25) is 0 Å². The first kappa shape index (κ1) is 20.8. The largest absolute Gasteiger partial charge is 0.492 e. The number of sulfonamides is 1. The minimum Gasteiger partial charge on any atom is -0.492 e. The number of hydrogen-bond acceptors (Lipinski definition) is 5. The Morgan fingerprint density at radius 3 is 2.64 bits per heavy atom. The summed E-state index contributed by atoms with van der Waals surface area (Å²) < 4.78 is 33.7. The molecule has 150 valence electrons. The number of benzene rings is 1. The summed E-state index contributed by atoms with van der Waals surface area (Å²) in [5.74, 6) is 0.0127. The van der Waals surface area contributed by atoms with Crippen molar-refractivity contribution in [2.75, 3.05) is 25.0 Å². The molecule has 1 aliphatic heterocycles. The molecule has 1 aliphatic rings. The Hall–Kier alpha value is -1.97. The molecule has 1 N–H and O–H groups in total. The number of nitrogens with one attached hydrogen (secondary N) is 1. The van der Waals surface area contributed by atoms with E-state index in [0.29, 0.717) is 41.2 Å². The number of carbonyl (C=O) groups excluding carboxylic acids is 1. The van der Waals surface area contributed by atoms with Gasteiger partial charge in [0, 0.05) is 30.0 Å². The Labute approximate surface area is 173 Å². The minimum absolute atomic E-state index is 0.139. The first-order chi connectivity index (χ1) is 13.4. The normalized spacial score (nSPS) is 15.2. The van der Waals surface area contributed by atoms with Crippen LogP contribution in [-0.2, 0) is 10.0 Å². The number of halogens is 1. The van der Waals surface area contributed by atoms with Gasteiger partial charge in [-0.25, -0.2) is 8.42 Å². The van der Waals surface area contributed by atoms with E-state index in [1.165, 1.54) is 22.6 Å². The van der Waals surface area contributed by atoms with E-state index in [0.717, 1.165) is 19.3 Å². The van der Waals surface area contributed by atoms with Crippen molar-refractivity contribution in [1.82, 2.24) is 9.29 Å². The number of aromatic nitrogens is 1. The van der Waals surface area contributed by atoms with E-state index in [2.05, 4.69) is 26.2 Å². The van der Waals surface area contributed by atoms with Gasteiger partial charge in [0.1, 0.15) is 5.75 Å². The number of ether oxygens (including phenoxy) is 1. The molecule has 0 aliphatic carbocycles. The molecule has 1 aromatic carbocycles. The van der Waals surface area contributed by atoms with Gasteiger partial charge in [0.25, 0.3) is 5.91 Å². The molecule has 1 amide bonds. The Bertz CT molecular complexity index is 959. The molecule has 1 aromatic heterocycles. The van der Waals surface area contributed by atoms with Gasteiger partial charge in [-0.05, 0) is 60.0 Å². The molecule has 0 spiro atoms. The van der Waals surface area contributed by atoms with Gasteiger partial charge in [-0.2, -0.15) is 4.31 Å². The highest BCUT2D eigenvalue weighted by Crippen LogP contribution is 2.30. The minimum atomic E-state index is -3.62. The summed E-state index contributed by atoms with van der Waals surface area (Å²) in [5, 5.41) is 2.75. The van der Waals surface area contributed by atoms with Crippen molar-refractivity contribution in [2.45, 2.75) is 31.1 Å². The number of carbonyl (C=O) groups is 1. The monoisotopic (exact) mass is 467 g/mol. The second kappa shape index (κ2) is 9.02. The van der Waals surface area contributed by atoms with Gasteiger partial charge in [0.15, 0.2) is 0 Å². The summed E-state index contributed by atoms with van der Waals surface area (Å²) in [4.78, 5) is 16.7. The van der Waals surface area contributed by atoms with E-state index >= 15 is 0 Å². The van der Waals surface area contributed by atoms with Crippen molar-refractivity contribution in [1.29, 1.82) is 0 Å². The van der Waals surface area contributed by atoms with Crippen molar-refractivity contribution in [2.24, 2.45) is 0 Å².